The third-order valence-electron chi connectivity index (χ3n) is 6.02. The van der Waals surface area contributed by atoms with Crippen LogP contribution in [0.15, 0.2) is 66.9 Å². The first-order valence-electron chi connectivity index (χ1n) is 11.6. The summed E-state index contributed by atoms with van der Waals surface area (Å²) in [5.41, 5.74) is 3.64. The first kappa shape index (κ1) is 23.1. The summed E-state index contributed by atoms with van der Waals surface area (Å²) in [4.78, 5) is 16.1. The predicted molar refractivity (Wildman–Crippen MR) is 137 cm³/mol. The van der Waals surface area contributed by atoms with Gasteiger partial charge in [-0.1, -0.05) is 41.8 Å². The van der Waals surface area contributed by atoms with E-state index in [-0.39, 0.29) is 6.04 Å². The number of nitrogens with zero attached hydrogens (tertiary/aromatic N) is 4. The van der Waals surface area contributed by atoms with Crippen LogP contribution in [0.25, 0.3) is 11.2 Å². The summed E-state index contributed by atoms with van der Waals surface area (Å²) < 4.78 is 11.7. The van der Waals surface area contributed by atoms with Gasteiger partial charge in [0.05, 0.1) is 12.7 Å². The van der Waals surface area contributed by atoms with Crippen LogP contribution in [0.5, 0.6) is 11.6 Å². The van der Waals surface area contributed by atoms with Crippen LogP contribution in [0.2, 0.25) is 5.02 Å². The lowest BCUT2D eigenvalue weighted by Gasteiger charge is -2.24. The number of ether oxygens (including phenoxy) is 2. The molecular weight excluding hydrogens is 460 g/mol. The van der Waals surface area contributed by atoms with Gasteiger partial charge < -0.3 is 9.47 Å². The number of rotatable bonds is 6. The summed E-state index contributed by atoms with van der Waals surface area (Å²) in [5.74, 6) is 7.41. The van der Waals surface area contributed by atoms with E-state index >= 15 is 0 Å². The summed E-state index contributed by atoms with van der Waals surface area (Å²) in [7, 11) is 1.63. The Bertz CT molecular complexity index is 1400. The Kier molecular flexibility index (Phi) is 7.08. The minimum atomic E-state index is 0.274. The molecule has 1 atom stereocenters. The van der Waals surface area contributed by atoms with Crippen molar-refractivity contribution in [2.45, 2.75) is 25.4 Å². The average Bonchev–Trinajstić information content (AvgIpc) is 3.32. The van der Waals surface area contributed by atoms with Crippen molar-refractivity contribution in [3.05, 3.63) is 88.7 Å². The summed E-state index contributed by atoms with van der Waals surface area (Å²) in [6, 6.07) is 19.6. The Hall–Kier alpha value is -3.66. The molecule has 1 aliphatic rings. The van der Waals surface area contributed by atoms with Gasteiger partial charge in [0.2, 0.25) is 5.88 Å². The van der Waals surface area contributed by atoms with Crippen molar-refractivity contribution in [1.82, 2.24) is 19.9 Å². The lowest BCUT2D eigenvalue weighted by molar-refractivity contribution is 0.163. The third-order valence-corrected chi connectivity index (χ3v) is 6.25. The fourth-order valence-corrected chi connectivity index (χ4v) is 4.48. The highest BCUT2D eigenvalue weighted by Gasteiger charge is 2.26. The van der Waals surface area contributed by atoms with E-state index in [1.54, 1.807) is 13.3 Å². The quantitative estimate of drug-likeness (QED) is 0.353. The van der Waals surface area contributed by atoms with Gasteiger partial charge in [0, 0.05) is 23.8 Å². The highest BCUT2D eigenvalue weighted by Crippen LogP contribution is 2.24. The molecule has 1 fully saturated rings. The monoisotopic (exact) mass is 484 g/mol. The van der Waals surface area contributed by atoms with Gasteiger partial charge in [0.25, 0.3) is 0 Å². The Morgan fingerprint density at radius 3 is 2.86 bits per heavy atom. The molecule has 5 rings (SSSR count). The Labute approximate surface area is 209 Å². The largest absolute Gasteiger partial charge is 0.495 e. The third kappa shape index (κ3) is 5.54. The Morgan fingerprint density at radius 1 is 1.06 bits per heavy atom. The summed E-state index contributed by atoms with van der Waals surface area (Å²) >= 11 is 6.18. The van der Waals surface area contributed by atoms with Crippen LogP contribution in [0.4, 0.5) is 0 Å². The maximum atomic E-state index is 6.26. The fraction of sp³-hybridized carbons (Fsp3) is 0.250. The van der Waals surface area contributed by atoms with Gasteiger partial charge in [-0.25, -0.2) is 15.0 Å². The van der Waals surface area contributed by atoms with E-state index in [0.717, 1.165) is 36.5 Å². The number of benzene rings is 2. The molecule has 176 valence electrons. The van der Waals surface area contributed by atoms with Gasteiger partial charge in [-0.15, -0.1) is 0 Å². The molecule has 2 aromatic carbocycles. The number of fused-ring (bicyclic) bond motifs is 1. The SMILES string of the molecule is COc1ccccc1C#Cc1nc2ncccc2nc1OC[C@@H]1CCCN1Cc1cccc(Cl)c1. The number of hydrogen-bond donors (Lipinski definition) is 0. The van der Waals surface area contributed by atoms with Crippen LogP contribution < -0.4 is 9.47 Å². The first-order chi connectivity index (χ1) is 17.2. The van der Waals surface area contributed by atoms with Crippen molar-refractivity contribution in [3.63, 3.8) is 0 Å². The molecule has 2 aromatic heterocycles. The normalized spacial score (nSPS) is 15.5. The van der Waals surface area contributed by atoms with E-state index in [0.29, 0.717) is 35.1 Å². The lowest BCUT2D eigenvalue weighted by Crippen LogP contribution is -2.34. The molecular formula is C28H25ClN4O2. The number of para-hydroxylation sites is 1. The summed E-state index contributed by atoms with van der Waals surface area (Å²) in [6.07, 6.45) is 3.88. The molecule has 1 aliphatic heterocycles. The summed E-state index contributed by atoms with van der Waals surface area (Å²) in [5, 5.41) is 0.757. The second kappa shape index (κ2) is 10.7. The van der Waals surface area contributed by atoms with Crippen LogP contribution in [-0.4, -0.2) is 46.2 Å². The minimum absolute atomic E-state index is 0.274. The van der Waals surface area contributed by atoms with Crippen molar-refractivity contribution < 1.29 is 9.47 Å². The van der Waals surface area contributed by atoms with E-state index in [4.69, 9.17) is 26.1 Å². The first-order valence-corrected chi connectivity index (χ1v) is 12.0. The van der Waals surface area contributed by atoms with Gasteiger partial charge in [-0.05, 0) is 67.3 Å². The van der Waals surface area contributed by atoms with Crippen molar-refractivity contribution >= 4 is 22.8 Å². The van der Waals surface area contributed by atoms with Crippen LogP contribution in [0.1, 0.15) is 29.7 Å². The molecule has 6 nitrogen and oxygen atoms in total. The maximum absolute atomic E-state index is 6.26. The van der Waals surface area contributed by atoms with Crippen LogP contribution in [0.3, 0.4) is 0 Å². The number of halogens is 1. The molecule has 0 radical (unpaired) electrons. The number of likely N-dealkylation sites (tertiary alicyclic amines) is 1. The van der Waals surface area contributed by atoms with Gasteiger partial charge in [-0.2, -0.15) is 0 Å². The summed E-state index contributed by atoms with van der Waals surface area (Å²) in [6.45, 7) is 2.36. The van der Waals surface area contributed by atoms with E-state index in [2.05, 4.69) is 32.8 Å². The van der Waals surface area contributed by atoms with Crippen molar-refractivity contribution in [3.8, 4) is 23.5 Å². The van der Waals surface area contributed by atoms with Gasteiger partial charge in [-0.3, -0.25) is 4.90 Å². The minimum Gasteiger partial charge on any atom is -0.495 e. The molecule has 0 spiro atoms. The molecule has 0 amide bonds. The van der Waals surface area contributed by atoms with E-state index in [9.17, 15) is 0 Å². The highest BCUT2D eigenvalue weighted by molar-refractivity contribution is 6.30. The van der Waals surface area contributed by atoms with E-state index in [1.807, 2.05) is 54.6 Å². The zero-order valence-electron chi connectivity index (χ0n) is 19.4. The van der Waals surface area contributed by atoms with E-state index < -0.39 is 0 Å². The van der Waals surface area contributed by atoms with Gasteiger partial charge >= 0.3 is 0 Å². The molecule has 4 aromatic rings. The number of methoxy groups -OCH3 is 1. The molecule has 1 saturated heterocycles. The maximum Gasteiger partial charge on any atom is 0.249 e. The topological polar surface area (TPSA) is 60.4 Å². The number of pyridine rings is 1. The van der Waals surface area contributed by atoms with Crippen molar-refractivity contribution in [1.29, 1.82) is 0 Å². The Morgan fingerprint density at radius 2 is 1.97 bits per heavy atom. The lowest BCUT2D eigenvalue weighted by atomic mass is 10.2. The zero-order valence-corrected chi connectivity index (χ0v) is 20.2. The van der Waals surface area contributed by atoms with Crippen molar-refractivity contribution in [2.24, 2.45) is 0 Å². The highest BCUT2D eigenvalue weighted by atomic mass is 35.5. The average molecular weight is 485 g/mol. The number of aromatic nitrogens is 3. The predicted octanol–water partition coefficient (Wildman–Crippen LogP) is 5.13. The second-order valence-electron chi connectivity index (χ2n) is 8.38. The second-order valence-corrected chi connectivity index (χ2v) is 8.82. The van der Waals surface area contributed by atoms with Crippen molar-refractivity contribution in [2.75, 3.05) is 20.3 Å². The number of hydrogen-bond acceptors (Lipinski definition) is 6. The molecule has 0 N–H and O–H groups in total. The Balaban J connectivity index is 1.39. The van der Waals surface area contributed by atoms with Crippen LogP contribution >= 0.6 is 11.6 Å². The molecule has 3 heterocycles. The molecule has 0 saturated carbocycles. The standard InChI is InChI=1S/C28H25ClN4O2/c1-34-26-12-3-2-8-21(26)13-14-25-28(32-24-11-5-15-30-27(24)31-25)35-19-23-10-6-16-33(23)18-20-7-4-9-22(29)17-20/h2-5,7-9,11-12,15,17,23H,6,10,16,18-19H2,1H3/t23-/m0/s1. The molecule has 0 unspecified atom stereocenters. The fourth-order valence-electron chi connectivity index (χ4n) is 4.27. The van der Waals surface area contributed by atoms with Crippen LogP contribution in [0, 0.1) is 11.8 Å². The smallest absolute Gasteiger partial charge is 0.249 e. The molecule has 7 heteroatoms. The van der Waals surface area contributed by atoms with Crippen LogP contribution in [-0.2, 0) is 6.54 Å². The molecule has 35 heavy (non-hydrogen) atoms. The van der Waals surface area contributed by atoms with Gasteiger partial charge in [0.1, 0.15) is 17.9 Å². The molecule has 0 aliphatic carbocycles. The van der Waals surface area contributed by atoms with E-state index in [1.165, 1.54) is 5.56 Å². The molecule has 0 bridgehead atoms. The zero-order chi connectivity index (χ0) is 24.0. The van der Waals surface area contributed by atoms with Gasteiger partial charge in [0.15, 0.2) is 11.3 Å².